The van der Waals surface area contributed by atoms with Gasteiger partial charge >= 0.3 is 0 Å². The van der Waals surface area contributed by atoms with Crippen molar-refractivity contribution in [2.45, 2.75) is 37.0 Å². The molecule has 1 aromatic rings. The van der Waals surface area contributed by atoms with Crippen molar-refractivity contribution in [3.63, 3.8) is 0 Å². The number of carbonyl (C=O) groups is 1. The highest BCUT2D eigenvalue weighted by molar-refractivity contribution is 7.89. The second-order valence-corrected chi connectivity index (χ2v) is 7.72. The van der Waals surface area contributed by atoms with E-state index in [9.17, 15) is 13.2 Å². The maximum atomic E-state index is 12.5. The lowest BCUT2D eigenvalue weighted by Crippen LogP contribution is -2.35. The molecule has 0 saturated carbocycles. The maximum Gasteiger partial charge on any atom is 0.243 e. The van der Waals surface area contributed by atoms with Crippen LogP contribution in [0, 0.1) is 0 Å². The van der Waals surface area contributed by atoms with Crippen LogP contribution in [-0.4, -0.2) is 44.8 Å². The third-order valence-electron chi connectivity index (χ3n) is 3.94. The van der Waals surface area contributed by atoms with Crippen LogP contribution < -0.4 is 11.1 Å². The molecule has 128 valence electrons. The van der Waals surface area contributed by atoms with Crippen molar-refractivity contribution < 1.29 is 13.2 Å². The number of benzene rings is 1. The highest BCUT2D eigenvalue weighted by atomic mass is 32.2. The topological polar surface area (TPSA) is 92.5 Å². The first-order valence-corrected chi connectivity index (χ1v) is 9.54. The van der Waals surface area contributed by atoms with Crippen LogP contribution in [0.4, 0.5) is 0 Å². The molecule has 1 aromatic carbocycles. The van der Waals surface area contributed by atoms with Crippen LogP contribution in [0.2, 0.25) is 0 Å². The van der Waals surface area contributed by atoms with Crippen LogP contribution in [-0.2, 0) is 21.2 Å². The van der Waals surface area contributed by atoms with E-state index in [2.05, 4.69) is 5.32 Å². The molecule has 6 nitrogen and oxygen atoms in total. The van der Waals surface area contributed by atoms with Crippen molar-refractivity contribution in [3.05, 3.63) is 29.8 Å². The van der Waals surface area contributed by atoms with Gasteiger partial charge in [0.15, 0.2) is 0 Å². The summed E-state index contributed by atoms with van der Waals surface area (Å²) in [6.45, 7) is 2.29. The van der Waals surface area contributed by atoms with Gasteiger partial charge in [-0.15, -0.1) is 0 Å². The second-order valence-electron chi connectivity index (χ2n) is 5.78. The summed E-state index contributed by atoms with van der Waals surface area (Å²) < 4.78 is 26.6. The average Bonchev–Trinajstić information content (AvgIpc) is 2.56. The smallest absolute Gasteiger partial charge is 0.243 e. The summed E-state index contributed by atoms with van der Waals surface area (Å²) in [5.41, 5.74) is 6.17. The lowest BCUT2D eigenvalue weighted by Gasteiger charge is -2.25. The highest BCUT2D eigenvalue weighted by Crippen LogP contribution is 2.20. The van der Waals surface area contributed by atoms with Gasteiger partial charge in [-0.2, -0.15) is 4.31 Å². The Bertz CT molecular complexity index is 608. The molecule has 0 unspecified atom stereocenters. The number of amides is 1. The van der Waals surface area contributed by atoms with E-state index in [-0.39, 0.29) is 12.3 Å². The Morgan fingerprint density at radius 3 is 2.39 bits per heavy atom. The van der Waals surface area contributed by atoms with E-state index in [0.29, 0.717) is 31.1 Å². The lowest BCUT2D eigenvalue weighted by molar-refractivity contribution is -0.120. The highest BCUT2D eigenvalue weighted by Gasteiger charge is 2.25. The quantitative estimate of drug-likeness (QED) is 0.721. The predicted molar refractivity (Wildman–Crippen MR) is 89.4 cm³/mol. The van der Waals surface area contributed by atoms with Crippen molar-refractivity contribution in [1.29, 1.82) is 0 Å². The van der Waals surface area contributed by atoms with Crippen molar-refractivity contribution in [3.8, 4) is 0 Å². The van der Waals surface area contributed by atoms with Gasteiger partial charge in [0.1, 0.15) is 0 Å². The minimum atomic E-state index is -3.41. The van der Waals surface area contributed by atoms with Gasteiger partial charge in [-0.05, 0) is 43.5 Å². The number of hydrogen-bond donors (Lipinski definition) is 2. The van der Waals surface area contributed by atoms with Crippen molar-refractivity contribution >= 4 is 15.9 Å². The van der Waals surface area contributed by atoms with Crippen LogP contribution in [0.5, 0.6) is 0 Å². The summed E-state index contributed by atoms with van der Waals surface area (Å²) in [6.07, 6.45) is 3.91. The molecule has 0 aromatic heterocycles. The number of rotatable bonds is 7. The van der Waals surface area contributed by atoms with Crippen LogP contribution in [0.15, 0.2) is 29.2 Å². The zero-order valence-electron chi connectivity index (χ0n) is 13.3. The van der Waals surface area contributed by atoms with E-state index in [1.807, 2.05) is 0 Å². The number of hydrogen-bond acceptors (Lipinski definition) is 4. The van der Waals surface area contributed by atoms with Gasteiger partial charge in [0, 0.05) is 19.6 Å². The van der Waals surface area contributed by atoms with E-state index in [4.69, 9.17) is 5.73 Å². The Hall–Kier alpha value is -1.44. The molecular formula is C16H25N3O3S. The largest absolute Gasteiger partial charge is 0.356 e. The molecule has 1 heterocycles. The molecule has 0 aliphatic carbocycles. The summed E-state index contributed by atoms with van der Waals surface area (Å²) in [5, 5.41) is 2.78. The Labute approximate surface area is 138 Å². The summed E-state index contributed by atoms with van der Waals surface area (Å²) in [7, 11) is -3.41. The molecule has 1 fully saturated rings. The molecular weight excluding hydrogens is 314 g/mol. The molecule has 1 amide bonds. The van der Waals surface area contributed by atoms with Crippen LogP contribution in [0.25, 0.3) is 0 Å². The third-order valence-corrected chi connectivity index (χ3v) is 5.86. The van der Waals surface area contributed by atoms with Crippen LogP contribution in [0.3, 0.4) is 0 Å². The summed E-state index contributed by atoms with van der Waals surface area (Å²) in [4.78, 5) is 12.0. The lowest BCUT2D eigenvalue weighted by atomic mass is 10.1. The molecule has 0 atom stereocenters. The maximum absolute atomic E-state index is 12.5. The van der Waals surface area contributed by atoms with Gasteiger partial charge in [-0.1, -0.05) is 18.6 Å². The number of carbonyl (C=O) groups excluding carboxylic acids is 1. The molecule has 1 aliphatic rings. The Morgan fingerprint density at radius 1 is 1.13 bits per heavy atom. The van der Waals surface area contributed by atoms with E-state index in [0.717, 1.165) is 31.2 Å². The van der Waals surface area contributed by atoms with Crippen molar-refractivity contribution in [2.24, 2.45) is 5.73 Å². The minimum Gasteiger partial charge on any atom is -0.356 e. The Balaban J connectivity index is 1.97. The summed E-state index contributed by atoms with van der Waals surface area (Å²) in [6, 6.07) is 6.59. The first kappa shape index (κ1) is 17.9. The fraction of sp³-hybridized carbons (Fsp3) is 0.562. The normalized spacial score (nSPS) is 16.2. The number of piperidine rings is 1. The summed E-state index contributed by atoms with van der Waals surface area (Å²) >= 11 is 0. The summed E-state index contributed by atoms with van der Waals surface area (Å²) in [5.74, 6) is -0.0786. The van der Waals surface area contributed by atoms with Gasteiger partial charge in [0.25, 0.3) is 0 Å². The van der Waals surface area contributed by atoms with E-state index >= 15 is 0 Å². The fourth-order valence-electron chi connectivity index (χ4n) is 2.61. The minimum absolute atomic E-state index is 0.0786. The number of nitrogens with two attached hydrogens (primary N) is 1. The van der Waals surface area contributed by atoms with Crippen LogP contribution in [0.1, 0.15) is 31.2 Å². The molecule has 0 bridgehead atoms. The molecule has 1 saturated heterocycles. The van der Waals surface area contributed by atoms with Gasteiger partial charge in [-0.25, -0.2) is 8.42 Å². The standard InChI is InChI=1S/C16H25N3O3S/c17-9-4-10-18-16(20)13-14-5-7-15(8-6-14)23(21,22)19-11-2-1-3-12-19/h5-8H,1-4,9-13,17H2,(H,18,20). The second kappa shape index (κ2) is 8.42. The van der Waals surface area contributed by atoms with Gasteiger partial charge in [0.2, 0.25) is 15.9 Å². The zero-order chi connectivity index (χ0) is 16.7. The van der Waals surface area contributed by atoms with Crippen LogP contribution >= 0.6 is 0 Å². The Kier molecular flexibility index (Phi) is 6.56. The monoisotopic (exact) mass is 339 g/mol. The number of nitrogens with one attached hydrogen (secondary N) is 1. The van der Waals surface area contributed by atoms with E-state index in [1.165, 1.54) is 0 Å². The first-order valence-electron chi connectivity index (χ1n) is 8.10. The van der Waals surface area contributed by atoms with E-state index in [1.54, 1.807) is 28.6 Å². The van der Waals surface area contributed by atoms with Gasteiger partial charge in [-0.3, -0.25) is 4.79 Å². The first-order chi connectivity index (χ1) is 11.0. The van der Waals surface area contributed by atoms with Crippen molar-refractivity contribution in [1.82, 2.24) is 9.62 Å². The molecule has 0 radical (unpaired) electrons. The van der Waals surface area contributed by atoms with E-state index < -0.39 is 10.0 Å². The number of sulfonamides is 1. The molecule has 7 heteroatoms. The fourth-order valence-corrected chi connectivity index (χ4v) is 4.13. The SMILES string of the molecule is NCCCNC(=O)Cc1ccc(S(=O)(=O)N2CCCCC2)cc1. The van der Waals surface area contributed by atoms with Gasteiger partial charge < -0.3 is 11.1 Å². The molecule has 23 heavy (non-hydrogen) atoms. The molecule has 3 N–H and O–H groups in total. The molecule has 1 aliphatic heterocycles. The molecule has 0 spiro atoms. The molecule has 2 rings (SSSR count). The average molecular weight is 339 g/mol. The van der Waals surface area contributed by atoms with Crippen molar-refractivity contribution in [2.75, 3.05) is 26.2 Å². The third kappa shape index (κ3) is 5.02. The van der Waals surface area contributed by atoms with Gasteiger partial charge in [0.05, 0.1) is 11.3 Å². The Morgan fingerprint density at radius 2 is 1.78 bits per heavy atom. The zero-order valence-corrected chi connectivity index (χ0v) is 14.1. The number of nitrogens with zero attached hydrogens (tertiary/aromatic N) is 1. The predicted octanol–water partition coefficient (Wildman–Crippen LogP) is 0.869.